The zero-order valence-corrected chi connectivity index (χ0v) is 33.5. The van der Waals surface area contributed by atoms with E-state index in [2.05, 4.69) is 113 Å². The maximum atomic E-state index is 8.25. The van der Waals surface area contributed by atoms with Crippen LogP contribution in [0.4, 0.5) is 5.69 Å². The molecule has 0 aromatic heterocycles. The summed E-state index contributed by atoms with van der Waals surface area (Å²) in [6.07, 6.45) is 24.6. The lowest BCUT2D eigenvalue weighted by Crippen LogP contribution is -2.49. The minimum atomic E-state index is 0.119. The van der Waals surface area contributed by atoms with Gasteiger partial charge in [-0.2, -0.15) is 0 Å². The van der Waals surface area contributed by atoms with E-state index in [9.17, 15) is 0 Å². The van der Waals surface area contributed by atoms with E-state index in [1.807, 2.05) is 23.3 Å². The van der Waals surface area contributed by atoms with Crippen LogP contribution in [0.15, 0.2) is 90.3 Å². The third-order valence-electron chi connectivity index (χ3n) is 14.3. The first-order chi connectivity index (χ1) is 25.6. The lowest BCUT2D eigenvalue weighted by atomic mass is 9.50. The fourth-order valence-electron chi connectivity index (χ4n) is 11.4. The summed E-state index contributed by atoms with van der Waals surface area (Å²) in [5.74, 6) is 4.38. The number of benzene rings is 2. The highest BCUT2D eigenvalue weighted by atomic mass is 16.5. The van der Waals surface area contributed by atoms with Gasteiger partial charge in [0.25, 0.3) is 0 Å². The van der Waals surface area contributed by atoms with Crippen LogP contribution < -0.4 is 10.6 Å². The molecule has 7 atom stereocenters. The predicted octanol–water partition coefficient (Wildman–Crippen LogP) is 12.6. The molecule has 4 fully saturated rings. The summed E-state index contributed by atoms with van der Waals surface area (Å²) in [5, 5.41) is 15.4. The van der Waals surface area contributed by atoms with Gasteiger partial charge in [0, 0.05) is 23.9 Å². The molecule has 1 heterocycles. The van der Waals surface area contributed by atoms with E-state index in [0.29, 0.717) is 34.3 Å². The Kier molecular flexibility index (Phi) is 11.3. The van der Waals surface area contributed by atoms with E-state index >= 15 is 0 Å². The molecule has 7 unspecified atom stereocenters. The Balaban J connectivity index is 1.05. The van der Waals surface area contributed by atoms with Gasteiger partial charge < -0.3 is 20.8 Å². The standard InChI is InChI=1S/C49H67N3O/c1-7-11-44(50)36-18-22-39(23-19-36)52-45(12-8-2)51-30-10-13-34-14-16-35(17-15-34)42-32-48(6)38(9-3)21-25-43(48)41-24-20-37-31-49(27-26-40(37)46(41)42)29-28-47(4,5)33-53-49/h9-10,12-19,22-23,37-38,41-43,50-52H,3,7-8,11,20-21,24-33H2,1-2,4-6H3/b13-10+,45-12-,50-44?. The lowest BCUT2D eigenvalue weighted by molar-refractivity contribution is -0.144. The van der Waals surface area contributed by atoms with Crippen molar-refractivity contribution in [3.05, 3.63) is 107 Å². The molecule has 0 radical (unpaired) electrons. The first-order valence-electron chi connectivity index (χ1n) is 21.2. The molecule has 4 heteroatoms. The number of anilines is 1. The topological polar surface area (TPSA) is 57.1 Å². The van der Waals surface area contributed by atoms with Crippen molar-refractivity contribution >= 4 is 17.5 Å². The van der Waals surface area contributed by atoms with Crippen LogP contribution in [0.1, 0.15) is 141 Å². The second-order valence-electron chi connectivity index (χ2n) is 18.4. The van der Waals surface area contributed by atoms with E-state index in [4.69, 9.17) is 10.1 Å². The number of nitrogens with one attached hydrogen (secondary N) is 3. The van der Waals surface area contributed by atoms with Crippen LogP contribution in [0, 0.1) is 39.9 Å². The first kappa shape index (κ1) is 37.9. The highest BCUT2D eigenvalue weighted by Crippen LogP contribution is 2.66. The molecule has 53 heavy (non-hydrogen) atoms. The van der Waals surface area contributed by atoms with Gasteiger partial charge in [-0.1, -0.05) is 107 Å². The predicted molar refractivity (Wildman–Crippen MR) is 224 cm³/mol. The third kappa shape index (κ3) is 7.91. The molecule has 0 bridgehead atoms. The second kappa shape index (κ2) is 15.8. The molecule has 2 aromatic carbocycles. The van der Waals surface area contributed by atoms with Crippen LogP contribution in [-0.4, -0.2) is 24.5 Å². The fourth-order valence-corrected chi connectivity index (χ4v) is 11.4. The van der Waals surface area contributed by atoms with Gasteiger partial charge in [-0.15, -0.1) is 6.58 Å². The van der Waals surface area contributed by atoms with Gasteiger partial charge in [0.1, 0.15) is 0 Å². The number of hydrogen-bond donors (Lipinski definition) is 3. The number of allylic oxidation sites excluding steroid dienone is 4. The molecule has 3 saturated carbocycles. The molecule has 3 N–H and O–H groups in total. The summed E-state index contributed by atoms with van der Waals surface area (Å²) in [6, 6.07) is 17.9. The molecule has 2 aromatic rings. The van der Waals surface area contributed by atoms with Crippen molar-refractivity contribution in [3.8, 4) is 0 Å². The number of rotatable bonds is 12. The SMILES string of the molecule is C=CC1CCC2C3CCC4CC5(CCC4=C3C(c3ccc(/C=C/CN/C(=C/CC)Nc4ccc(C(=N)CCC)cc4)cc3)CC12C)CCC(C)(C)CO5. The van der Waals surface area contributed by atoms with Crippen LogP contribution in [-0.2, 0) is 4.74 Å². The van der Waals surface area contributed by atoms with Crippen LogP contribution in [0.25, 0.3) is 6.08 Å². The van der Waals surface area contributed by atoms with Crippen molar-refractivity contribution < 1.29 is 4.74 Å². The number of hydrogen-bond acceptors (Lipinski definition) is 4. The Morgan fingerprint density at radius 1 is 0.943 bits per heavy atom. The fraction of sp³-hybridized carbons (Fsp3) is 0.571. The molecule has 1 aliphatic heterocycles. The van der Waals surface area contributed by atoms with E-state index in [1.54, 1.807) is 0 Å². The highest BCUT2D eigenvalue weighted by Gasteiger charge is 2.57. The molecule has 1 saturated heterocycles. The minimum Gasteiger partial charge on any atom is -0.374 e. The van der Waals surface area contributed by atoms with E-state index < -0.39 is 0 Å². The van der Waals surface area contributed by atoms with E-state index in [1.165, 1.54) is 75.3 Å². The van der Waals surface area contributed by atoms with Gasteiger partial charge in [0.05, 0.1) is 18.0 Å². The Morgan fingerprint density at radius 2 is 1.74 bits per heavy atom. The molecule has 4 aliphatic carbocycles. The zero-order chi connectivity index (χ0) is 37.2. The van der Waals surface area contributed by atoms with Crippen molar-refractivity contribution in [1.29, 1.82) is 5.41 Å². The average molecular weight is 714 g/mol. The van der Waals surface area contributed by atoms with Crippen molar-refractivity contribution in [2.24, 2.45) is 34.5 Å². The monoisotopic (exact) mass is 714 g/mol. The van der Waals surface area contributed by atoms with E-state index in [-0.39, 0.29) is 5.60 Å². The van der Waals surface area contributed by atoms with Crippen LogP contribution in [0.3, 0.4) is 0 Å². The maximum Gasteiger partial charge on any atom is 0.0992 e. The third-order valence-corrected chi connectivity index (χ3v) is 14.3. The van der Waals surface area contributed by atoms with Gasteiger partial charge >= 0.3 is 0 Å². The van der Waals surface area contributed by atoms with Crippen molar-refractivity contribution in [1.82, 2.24) is 5.32 Å². The van der Waals surface area contributed by atoms with Crippen LogP contribution in [0.2, 0.25) is 0 Å². The van der Waals surface area contributed by atoms with Gasteiger partial charge in [-0.25, -0.2) is 0 Å². The maximum absolute atomic E-state index is 8.25. The lowest BCUT2D eigenvalue weighted by Gasteiger charge is -2.56. The molecule has 4 nitrogen and oxygen atoms in total. The van der Waals surface area contributed by atoms with Crippen molar-refractivity contribution in [2.45, 2.75) is 130 Å². The summed E-state index contributed by atoms with van der Waals surface area (Å²) in [6.45, 7) is 17.7. The van der Waals surface area contributed by atoms with Crippen LogP contribution >= 0.6 is 0 Å². The summed E-state index contributed by atoms with van der Waals surface area (Å²) in [4.78, 5) is 0. The molecule has 284 valence electrons. The number of ether oxygens (including phenoxy) is 1. The second-order valence-corrected chi connectivity index (χ2v) is 18.4. The molecule has 7 rings (SSSR count). The molecule has 5 aliphatic rings. The van der Waals surface area contributed by atoms with Gasteiger partial charge in [0.2, 0.25) is 0 Å². The smallest absolute Gasteiger partial charge is 0.0992 e. The van der Waals surface area contributed by atoms with Gasteiger partial charge in [-0.05, 0) is 146 Å². The van der Waals surface area contributed by atoms with Crippen LogP contribution in [0.5, 0.6) is 0 Å². The van der Waals surface area contributed by atoms with Crippen molar-refractivity contribution in [3.63, 3.8) is 0 Å². The largest absolute Gasteiger partial charge is 0.374 e. The van der Waals surface area contributed by atoms with E-state index in [0.717, 1.165) is 61.3 Å². The number of fused-ring (bicyclic) bond motifs is 4. The van der Waals surface area contributed by atoms with Gasteiger partial charge in [0.15, 0.2) is 0 Å². The Bertz CT molecular complexity index is 1700. The Morgan fingerprint density at radius 3 is 2.43 bits per heavy atom. The Hall–Kier alpha value is -3.37. The first-order valence-corrected chi connectivity index (χ1v) is 21.2. The average Bonchev–Trinajstić information content (AvgIpc) is 3.51. The summed E-state index contributed by atoms with van der Waals surface area (Å²) in [5.41, 5.74) is 10.0. The molecular weight excluding hydrogens is 647 g/mol. The Labute approximate surface area is 321 Å². The molecular formula is C49H67N3O. The molecule has 1 spiro atoms. The van der Waals surface area contributed by atoms with Gasteiger partial charge in [-0.3, -0.25) is 0 Å². The highest BCUT2D eigenvalue weighted by molar-refractivity contribution is 5.98. The minimum absolute atomic E-state index is 0.119. The normalized spacial score (nSPS) is 32.2. The summed E-state index contributed by atoms with van der Waals surface area (Å²) < 4.78 is 6.80. The summed E-state index contributed by atoms with van der Waals surface area (Å²) in [7, 11) is 0. The quantitative estimate of drug-likeness (QED) is 0.152. The summed E-state index contributed by atoms with van der Waals surface area (Å²) >= 11 is 0. The van der Waals surface area contributed by atoms with Crippen molar-refractivity contribution in [2.75, 3.05) is 18.5 Å². The molecule has 0 amide bonds. The zero-order valence-electron chi connectivity index (χ0n) is 33.5.